The van der Waals surface area contributed by atoms with Crippen LogP contribution in [0.5, 0.6) is 0 Å². The Balaban J connectivity index is 2.58. The highest BCUT2D eigenvalue weighted by molar-refractivity contribution is 7.13. The van der Waals surface area contributed by atoms with E-state index in [9.17, 15) is 4.79 Å². The Morgan fingerprint density at radius 2 is 2.67 bits per heavy atom. The Morgan fingerprint density at radius 3 is 3.25 bits per heavy atom. The van der Waals surface area contributed by atoms with Crippen molar-refractivity contribution in [2.45, 2.75) is 6.61 Å². The molecule has 0 saturated carbocycles. The van der Waals surface area contributed by atoms with Gasteiger partial charge in [0.15, 0.2) is 5.13 Å². The Morgan fingerprint density at radius 1 is 1.92 bits per heavy atom. The minimum Gasteiger partial charge on any atom is -0.378 e. The largest absolute Gasteiger partial charge is 0.378 e. The molecule has 0 spiro atoms. The van der Waals surface area contributed by atoms with Gasteiger partial charge in [-0.25, -0.2) is 9.78 Å². The summed E-state index contributed by atoms with van der Waals surface area (Å²) >= 11 is 1.31. The maximum Gasteiger partial charge on any atom is 0.318 e. The molecule has 12 heavy (non-hydrogen) atoms. The van der Waals surface area contributed by atoms with Crippen LogP contribution < -0.4 is 11.1 Å². The van der Waals surface area contributed by atoms with Crippen molar-refractivity contribution < 1.29 is 9.53 Å². The summed E-state index contributed by atoms with van der Waals surface area (Å²) in [5, 5.41) is 4.67. The summed E-state index contributed by atoms with van der Waals surface area (Å²) in [6.07, 6.45) is 0. The molecule has 1 rings (SSSR count). The van der Waals surface area contributed by atoms with Gasteiger partial charge in [0, 0.05) is 12.5 Å². The highest BCUT2D eigenvalue weighted by atomic mass is 32.1. The number of nitrogens with one attached hydrogen (secondary N) is 1. The molecule has 66 valence electrons. The average molecular weight is 187 g/mol. The summed E-state index contributed by atoms with van der Waals surface area (Å²) in [6, 6.07) is -0.603. The highest BCUT2D eigenvalue weighted by Crippen LogP contribution is 2.15. The van der Waals surface area contributed by atoms with E-state index in [2.05, 4.69) is 10.3 Å². The third-order valence-electron chi connectivity index (χ3n) is 1.07. The van der Waals surface area contributed by atoms with Crippen molar-refractivity contribution in [3.05, 3.63) is 11.1 Å². The van der Waals surface area contributed by atoms with Gasteiger partial charge in [-0.2, -0.15) is 0 Å². The molecule has 0 saturated heterocycles. The summed E-state index contributed by atoms with van der Waals surface area (Å²) in [6.45, 7) is 0.441. The van der Waals surface area contributed by atoms with E-state index in [0.717, 1.165) is 5.69 Å². The molecule has 5 nitrogen and oxygen atoms in total. The van der Waals surface area contributed by atoms with Gasteiger partial charge in [0.2, 0.25) is 0 Å². The first kappa shape index (κ1) is 8.95. The lowest BCUT2D eigenvalue weighted by molar-refractivity contribution is 0.182. The summed E-state index contributed by atoms with van der Waals surface area (Å²) in [7, 11) is 1.58. The molecule has 0 fully saturated rings. The number of aromatic nitrogens is 1. The Labute approximate surface area is 73.6 Å². The summed E-state index contributed by atoms with van der Waals surface area (Å²) in [5.74, 6) is 0. The summed E-state index contributed by atoms with van der Waals surface area (Å²) in [5.41, 5.74) is 5.68. The lowest BCUT2D eigenvalue weighted by Crippen LogP contribution is -2.19. The van der Waals surface area contributed by atoms with E-state index in [4.69, 9.17) is 10.5 Å². The van der Waals surface area contributed by atoms with E-state index in [-0.39, 0.29) is 0 Å². The zero-order chi connectivity index (χ0) is 8.97. The number of nitrogens with two attached hydrogens (primary N) is 1. The Bertz CT molecular complexity index is 274. The number of urea groups is 1. The molecule has 1 aromatic heterocycles. The number of carbonyl (C=O) groups is 1. The van der Waals surface area contributed by atoms with Gasteiger partial charge in [0.05, 0.1) is 12.3 Å². The van der Waals surface area contributed by atoms with Crippen molar-refractivity contribution in [1.82, 2.24) is 4.98 Å². The Kier molecular flexibility index (Phi) is 3.01. The standard InChI is InChI=1S/C6H9N3O2S/c1-11-2-4-3-12-6(8-4)9-5(7)10/h3H,2H2,1H3,(H3,7,8,9,10). The van der Waals surface area contributed by atoms with Crippen LogP contribution in [0.4, 0.5) is 9.93 Å². The van der Waals surface area contributed by atoms with Crippen molar-refractivity contribution in [3.8, 4) is 0 Å². The predicted octanol–water partition coefficient (Wildman–Crippen LogP) is 0.780. The molecule has 0 aliphatic heterocycles. The zero-order valence-corrected chi connectivity index (χ0v) is 7.35. The van der Waals surface area contributed by atoms with Gasteiger partial charge in [0.25, 0.3) is 0 Å². The van der Waals surface area contributed by atoms with E-state index < -0.39 is 6.03 Å². The lowest BCUT2D eigenvalue weighted by atomic mass is 10.5. The number of amides is 2. The van der Waals surface area contributed by atoms with Crippen LogP contribution in [-0.2, 0) is 11.3 Å². The minimum absolute atomic E-state index is 0.441. The van der Waals surface area contributed by atoms with E-state index in [1.165, 1.54) is 11.3 Å². The van der Waals surface area contributed by atoms with Gasteiger partial charge in [-0.1, -0.05) is 0 Å². The fourth-order valence-electron chi connectivity index (χ4n) is 0.684. The summed E-state index contributed by atoms with van der Waals surface area (Å²) in [4.78, 5) is 14.4. The lowest BCUT2D eigenvalue weighted by Gasteiger charge is -1.93. The van der Waals surface area contributed by atoms with Gasteiger partial charge in [0.1, 0.15) is 0 Å². The molecule has 0 unspecified atom stereocenters. The van der Waals surface area contributed by atoms with Crippen LogP contribution in [0.2, 0.25) is 0 Å². The first-order valence-electron chi connectivity index (χ1n) is 3.22. The smallest absolute Gasteiger partial charge is 0.318 e. The average Bonchev–Trinajstić information content (AvgIpc) is 2.36. The van der Waals surface area contributed by atoms with Crippen LogP contribution in [0, 0.1) is 0 Å². The number of nitrogens with zero attached hydrogens (tertiary/aromatic N) is 1. The number of carbonyl (C=O) groups excluding carboxylic acids is 1. The van der Waals surface area contributed by atoms with Crippen LogP contribution >= 0.6 is 11.3 Å². The topological polar surface area (TPSA) is 77.2 Å². The van der Waals surface area contributed by atoms with Crippen LogP contribution in [0.3, 0.4) is 0 Å². The van der Waals surface area contributed by atoms with Gasteiger partial charge >= 0.3 is 6.03 Å². The van der Waals surface area contributed by atoms with E-state index in [1.54, 1.807) is 12.5 Å². The number of hydrogen-bond acceptors (Lipinski definition) is 4. The number of methoxy groups -OCH3 is 1. The second-order valence-electron chi connectivity index (χ2n) is 2.07. The number of hydrogen-bond donors (Lipinski definition) is 2. The number of anilines is 1. The molecule has 0 atom stereocenters. The molecule has 1 aromatic rings. The number of ether oxygens (including phenoxy) is 1. The first-order valence-corrected chi connectivity index (χ1v) is 4.10. The Hall–Kier alpha value is -1.14. The van der Waals surface area contributed by atoms with Crippen molar-refractivity contribution in [1.29, 1.82) is 0 Å². The predicted molar refractivity (Wildman–Crippen MR) is 46.0 cm³/mol. The van der Waals surface area contributed by atoms with Crippen LogP contribution in [0.25, 0.3) is 0 Å². The monoisotopic (exact) mass is 187 g/mol. The number of rotatable bonds is 3. The molecule has 3 N–H and O–H groups in total. The molecule has 0 aromatic carbocycles. The number of thiazole rings is 1. The second kappa shape index (κ2) is 4.03. The van der Waals surface area contributed by atoms with Crippen LogP contribution in [-0.4, -0.2) is 18.1 Å². The normalized spacial score (nSPS) is 9.75. The molecule has 2 amide bonds. The van der Waals surface area contributed by atoms with E-state index in [1.807, 2.05) is 0 Å². The number of primary amides is 1. The van der Waals surface area contributed by atoms with Crippen molar-refractivity contribution in [2.75, 3.05) is 12.4 Å². The molecule has 0 bridgehead atoms. The molecule has 6 heteroatoms. The highest BCUT2D eigenvalue weighted by Gasteiger charge is 2.02. The molecule has 0 radical (unpaired) electrons. The maximum absolute atomic E-state index is 10.4. The molecule has 0 aliphatic rings. The molecule has 0 aliphatic carbocycles. The van der Waals surface area contributed by atoms with Crippen molar-refractivity contribution >= 4 is 22.5 Å². The minimum atomic E-state index is -0.603. The SMILES string of the molecule is COCc1csc(NC(N)=O)n1. The van der Waals surface area contributed by atoms with Crippen molar-refractivity contribution in [2.24, 2.45) is 5.73 Å². The summed E-state index contributed by atoms with van der Waals surface area (Å²) < 4.78 is 4.85. The maximum atomic E-state index is 10.4. The third kappa shape index (κ3) is 2.48. The molecular formula is C6H9N3O2S. The quantitative estimate of drug-likeness (QED) is 0.734. The fourth-order valence-corrected chi connectivity index (χ4v) is 1.38. The molecular weight excluding hydrogens is 178 g/mol. The van der Waals surface area contributed by atoms with Gasteiger partial charge in [-0.15, -0.1) is 11.3 Å². The van der Waals surface area contributed by atoms with Crippen molar-refractivity contribution in [3.63, 3.8) is 0 Å². The molecule has 1 heterocycles. The zero-order valence-electron chi connectivity index (χ0n) is 6.53. The van der Waals surface area contributed by atoms with E-state index >= 15 is 0 Å². The van der Waals surface area contributed by atoms with Gasteiger partial charge < -0.3 is 10.5 Å². The van der Waals surface area contributed by atoms with E-state index in [0.29, 0.717) is 11.7 Å². The van der Waals surface area contributed by atoms with Gasteiger partial charge in [-0.05, 0) is 0 Å². The second-order valence-corrected chi connectivity index (χ2v) is 2.92. The van der Waals surface area contributed by atoms with Gasteiger partial charge in [-0.3, -0.25) is 5.32 Å². The van der Waals surface area contributed by atoms with Crippen LogP contribution in [0.1, 0.15) is 5.69 Å². The third-order valence-corrected chi connectivity index (χ3v) is 1.88. The van der Waals surface area contributed by atoms with Crippen LogP contribution in [0.15, 0.2) is 5.38 Å². The fraction of sp³-hybridized carbons (Fsp3) is 0.333. The first-order chi connectivity index (χ1) is 5.72.